The van der Waals surface area contributed by atoms with Gasteiger partial charge in [0.2, 0.25) is 0 Å². The van der Waals surface area contributed by atoms with Crippen LogP contribution in [0.4, 0.5) is 0 Å². The standard InChI is InChI=1S/C12H20O2/c1-4-6-11(13)12(14-3)8-5-7-10(2)9-12/h1,10-11,13H,5-9H2,2-3H3. The Labute approximate surface area is 86.7 Å². The van der Waals surface area contributed by atoms with E-state index in [4.69, 9.17) is 11.2 Å². The molecular weight excluding hydrogens is 176 g/mol. The van der Waals surface area contributed by atoms with Gasteiger partial charge < -0.3 is 9.84 Å². The highest BCUT2D eigenvalue weighted by atomic mass is 16.5. The van der Waals surface area contributed by atoms with E-state index in [2.05, 4.69) is 12.8 Å². The Bertz CT molecular complexity index is 219. The lowest BCUT2D eigenvalue weighted by molar-refractivity contribution is -0.129. The van der Waals surface area contributed by atoms with Crippen LogP contribution < -0.4 is 0 Å². The van der Waals surface area contributed by atoms with Crippen LogP contribution in [-0.4, -0.2) is 23.9 Å². The summed E-state index contributed by atoms with van der Waals surface area (Å²) < 4.78 is 5.52. The fourth-order valence-corrected chi connectivity index (χ4v) is 2.47. The molecular formula is C12H20O2. The van der Waals surface area contributed by atoms with Gasteiger partial charge in [-0.05, 0) is 18.8 Å². The Morgan fingerprint density at radius 3 is 2.93 bits per heavy atom. The average Bonchev–Trinajstić information content (AvgIpc) is 2.18. The molecule has 2 nitrogen and oxygen atoms in total. The topological polar surface area (TPSA) is 29.5 Å². The predicted octanol–water partition coefficient (Wildman–Crippen LogP) is 1.97. The van der Waals surface area contributed by atoms with E-state index < -0.39 is 6.10 Å². The molecule has 3 unspecified atom stereocenters. The summed E-state index contributed by atoms with van der Waals surface area (Å²) in [6.07, 6.45) is 9.30. The second kappa shape index (κ2) is 4.82. The molecule has 0 bridgehead atoms. The van der Waals surface area contributed by atoms with E-state index in [-0.39, 0.29) is 5.60 Å². The van der Waals surface area contributed by atoms with Crippen molar-refractivity contribution in [1.29, 1.82) is 0 Å². The zero-order chi connectivity index (χ0) is 10.6. The van der Waals surface area contributed by atoms with Crippen LogP contribution in [0.15, 0.2) is 0 Å². The number of hydrogen-bond donors (Lipinski definition) is 1. The molecule has 1 aliphatic rings. The maximum absolute atomic E-state index is 9.97. The van der Waals surface area contributed by atoms with Crippen molar-refractivity contribution in [1.82, 2.24) is 0 Å². The van der Waals surface area contributed by atoms with Crippen molar-refractivity contribution >= 4 is 0 Å². The van der Waals surface area contributed by atoms with Gasteiger partial charge in [-0.2, -0.15) is 0 Å². The van der Waals surface area contributed by atoms with Crippen molar-refractivity contribution in [3.05, 3.63) is 0 Å². The minimum Gasteiger partial charge on any atom is -0.389 e. The predicted molar refractivity (Wildman–Crippen MR) is 56.8 cm³/mol. The first-order valence-electron chi connectivity index (χ1n) is 5.31. The molecule has 1 saturated carbocycles. The van der Waals surface area contributed by atoms with E-state index in [1.165, 1.54) is 6.42 Å². The Kier molecular flexibility index (Phi) is 3.97. The van der Waals surface area contributed by atoms with Gasteiger partial charge in [-0.15, -0.1) is 12.3 Å². The Hall–Kier alpha value is -0.520. The van der Waals surface area contributed by atoms with Crippen LogP contribution >= 0.6 is 0 Å². The van der Waals surface area contributed by atoms with E-state index in [0.29, 0.717) is 12.3 Å². The van der Waals surface area contributed by atoms with Gasteiger partial charge in [0.15, 0.2) is 0 Å². The highest BCUT2D eigenvalue weighted by Gasteiger charge is 2.40. The van der Waals surface area contributed by atoms with Gasteiger partial charge in [0, 0.05) is 13.5 Å². The van der Waals surface area contributed by atoms with Gasteiger partial charge in [0.1, 0.15) is 0 Å². The summed E-state index contributed by atoms with van der Waals surface area (Å²) in [6, 6.07) is 0. The number of aliphatic hydroxyl groups is 1. The minimum absolute atomic E-state index is 0.385. The van der Waals surface area contributed by atoms with Crippen LogP contribution in [-0.2, 0) is 4.74 Å². The average molecular weight is 196 g/mol. The molecule has 0 amide bonds. The van der Waals surface area contributed by atoms with Crippen LogP contribution in [0.3, 0.4) is 0 Å². The molecule has 2 heteroatoms. The first-order valence-corrected chi connectivity index (χ1v) is 5.31. The molecule has 80 valence electrons. The first-order chi connectivity index (χ1) is 6.64. The summed E-state index contributed by atoms with van der Waals surface area (Å²) in [5.74, 6) is 3.13. The molecule has 0 aliphatic heterocycles. The van der Waals surface area contributed by atoms with Crippen molar-refractivity contribution < 1.29 is 9.84 Å². The molecule has 1 aliphatic carbocycles. The first kappa shape index (κ1) is 11.6. The van der Waals surface area contributed by atoms with Gasteiger partial charge in [0.25, 0.3) is 0 Å². The second-order valence-corrected chi connectivity index (χ2v) is 4.39. The largest absolute Gasteiger partial charge is 0.389 e. The van der Waals surface area contributed by atoms with Crippen molar-refractivity contribution in [2.45, 2.75) is 50.7 Å². The van der Waals surface area contributed by atoms with Gasteiger partial charge in [0.05, 0.1) is 11.7 Å². The number of terminal acetylenes is 1. The summed E-state index contributed by atoms with van der Waals surface area (Å²) in [5, 5.41) is 9.97. The third-order valence-corrected chi connectivity index (χ3v) is 3.32. The van der Waals surface area contributed by atoms with E-state index in [9.17, 15) is 5.11 Å². The molecule has 3 atom stereocenters. The molecule has 0 aromatic heterocycles. The summed E-state index contributed by atoms with van der Waals surface area (Å²) in [6.45, 7) is 2.20. The summed E-state index contributed by atoms with van der Waals surface area (Å²) in [4.78, 5) is 0. The number of aliphatic hydroxyl groups excluding tert-OH is 1. The van der Waals surface area contributed by atoms with Crippen LogP contribution in [0.1, 0.15) is 39.0 Å². The normalized spacial score (nSPS) is 34.9. The highest BCUT2D eigenvalue weighted by Crippen LogP contribution is 2.37. The highest BCUT2D eigenvalue weighted by molar-refractivity contribution is 4.99. The van der Waals surface area contributed by atoms with E-state index in [1.54, 1.807) is 7.11 Å². The summed E-state index contributed by atoms with van der Waals surface area (Å²) in [7, 11) is 1.68. The molecule has 1 N–H and O–H groups in total. The van der Waals surface area contributed by atoms with Crippen LogP contribution in [0.25, 0.3) is 0 Å². The fourth-order valence-electron chi connectivity index (χ4n) is 2.47. The lowest BCUT2D eigenvalue weighted by Gasteiger charge is -2.41. The number of ether oxygens (including phenoxy) is 1. The maximum Gasteiger partial charge on any atom is 0.0948 e. The van der Waals surface area contributed by atoms with Crippen molar-refractivity contribution in [2.24, 2.45) is 5.92 Å². The SMILES string of the molecule is C#CCC(O)C1(OC)CCCC(C)C1. The lowest BCUT2D eigenvalue weighted by atomic mass is 9.75. The molecule has 0 spiro atoms. The number of rotatable bonds is 3. The van der Waals surface area contributed by atoms with E-state index in [0.717, 1.165) is 19.3 Å². The molecule has 0 radical (unpaired) electrons. The summed E-state index contributed by atoms with van der Waals surface area (Å²) >= 11 is 0. The van der Waals surface area contributed by atoms with Gasteiger partial charge in [-0.3, -0.25) is 0 Å². The molecule has 0 aromatic carbocycles. The van der Waals surface area contributed by atoms with Gasteiger partial charge in [-0.1, -0.05) is 19.8 Å². The number of methoxy groups -OCH3 is 1. The van der Waals surface area contributed by atoms with Gasteiger partial charge >= 0.3 is 0 Å². The zero-order valence-corrected chi connectivity index (χ0v) is 9.12. The molecule has 0 saturated heterocycles. The Morgan fingerprint density at radius 2 is 2.43 bits per heavy atom. The monoisotopic (exact) mass is 196 g/mol. The molecule has 0 heterocycles. The third kappa shape index (κ3) is 2.29. The maximum atomic E-state index is 9.97. The van der Waals surface area contributed by atoms with Crippen LogP contribution in [0, 0.1) is 18.3 Å². The molecule has 1 rings (SSSR count). The van der Waals surface area contributed by atoms with Crippen molar-refractivity contribution in [3.63, 3.8) is 0 Å². The third-order valence-electron chi connectivity index (χ3n) is 3.32. The van der Waals surface area contributed by atoms with E-state index >= 15 is 0 Å². The fraction of sp³-hybridized carbons (Fsp3) is 0.833. The second-order valence-electron chi connectivity index (χ2n) is 4.39. The zero-order valence-electron chi connectivity index (χ0n) is 9.12. The van der Waals surface area contributed by atoms with E-state index in [1.807, 2.05) is 0 Å². The van der Waals surface area contributed by atoms with Crippen molar-refractivity contribution in [3.8, 4) is 12.3 Å². The van der Waals surface area contributed by atoms with Gasteiger partial charge in [-0.25, -0.2) is 0 Å². The summed E-state index contributed by atoms with van der Waals surface area (Å²) in [5.41, 5.74) is -0.385. The molecule has 0 aromatic rings. The Morgan fingerprint density at radius 1 is 1.71 bits per heavy atom. The van der Waals surface area contributed by atoms with Crippen molar-refractivity contribution in [2.75, 3.05) is 7.11 Å². The quantitative estimate of drug-likeness (QED) is 0.699. The smallest absolute Gasteiger partial charge is 0.0948 e. The van der Waals surface area contributed by atoms with Crippen LogP contribution in [0.2, 0.25) is 0 Å². The lowest BCUT2D eigenvalue weighted by Crippen LogP contribution is -2.47. The Balaban J connectivity index is 2.69. The molecule has 14 heavy (non-hydrogen) atoms. The van der Waals surface area contributed by atoms with Crippen LogP contribution in [0.5, 0.6) is 0 Å². The molecule has 1 fully saturated rings. The minimum atomic E-state index is -0.514. The number of hydrogen-bond acceptors (Lipinski definition) is 2.